The fraction of sp³-hybridized carbons (Fsp3) is 0.579. The van der Waals surface area contributed by atoms with Crippen LogP contribution >= 0.6 is 0 Å². The second kappa shape index (κ2) is 8.48. The van der Waals surface area contributed by atoms with Crippen molar-refractivity contribution in [2.24, 2.45) is 0 Å². The number of nitrogens with one attached hydrogen (secondary N) is 1. The van der Waals surface area contributed by atoms with Crippen LogP contribution in [0.15, 0.2) is 24.3 Å². The van der Waals surface area contributed by atoms with Crippen molar-refractivity contribution in [3.8, 4) is 0 Å². The largest absolute Gasteiger partial charge is 0.391 e. The number of carbonyl (C=O) groups excluding carboxylic acids is 2. The molecule has 0 saturated carbocycles. The Morgan fingerprint density at radius 1 is 1.32 bits per heavy atom. The second-order valence-corrected chi connectivity index (χ2v) is 9.77. The lowest BCUT2D eigenvalue weighted by Crippen LogP contribution is -2.42. The number of benzene rings is 1. The number of nitrogens with zero attached hydrogens (tertiary/aromatic N) is 2. The summed E-state index contributed by atoms with van der Waals surface area (Å²) >= 11 is 0. The normalized spacial score (nSPS) is 24.0. The molecular formula is C19H27N3O5S. The topological polar surface area (TPSA) is 107 Å². The Labute approximate surface area is 165 Å². The summed E-state index contributed by atoms with van der Waals surface area (Å²) < 4.78 is 23.2. The number of hydrogen-bond donors (Lipinski definition) is 2. The quantitative estimate of drug-likeness (QED) is 0.726. The predicted octanol–water partition coefficient (Wildman–Crippen LogP) is 0.341. The smallest absolute Gasteiger partial charge is 0.254 e. The van der Waals surface area contributed by atoms with Crippen LogP contribution in [0.25, 0.3) is 0 Å². The molecule has 2 saturated heterocycles. The predicted molar refractivity (Wildman–Crippen MR) is 106 cm³/mol. The van der Waals surface area contributed by atoms with E-state index in [9.17, 15) is 23.1 Å². The number of sulfone groups is 1. The summed E-state index contributed by atoms with van der Waals surface area (Å²) in [6.45, 7) is 0.984. The zero-order chi connectivity index (χ0) is 20.3. The van der Waals surface area contributed by atoms with Gasteiger partial charge < -0.3 is 20.2 Å². The highest BCUT2D eigenvalue weighted by molar-refractivity contribution is 7.91. The number of β-amino-alcohol motifs (C(OH)–C–C–N with tert-alkyl or cyclic N) is 1. The van der Waals surface area contributed by atoms with E-state index in [0.29, 0.717) is 37.2 Å². The van der Waals surface area contributed by atoms with Crippen molar-refractivity contribution in [3.63, 3.8) is 0 Å². The zero-order valence-electron chi connectivity index (χ0n) is 16.0. The molecule has 28 heavy (non-hydrogen) atoms. The van der Waals surface area contributed by atoms with Gasteiger partial charge in [0.1, 0.15) is 0 Å². The highest BCUT2D eigenvalue weighted by atomic mass is 32.2. The molecular weight excluding hydrogens is 382 g/mol. The van der Waals surface area contributed by atoms with Gasteiger partial charge in [0.2, 0.25) is 5.91 Å². The molecule has 9 heteroatoms. The van der Waals surface area contributed by atoms with E-state index < -0.39 is 15.9 Å². The van der Waals surface area contributed by atoms with E-state index in [1.807, 2.05) is 0 Å². The van der Waals surface area contributed by atoms with Gasteiger partial charge in [-0.3, -0.25) is 9.59 Å². The number of anilines is 1. The Kier molecular flexibility index (Phi) is 6.24. The standard InChI is InChI=1S/C19H27N3O5S/c1-21(16-7-9-28(26,27)13-16)18(24)11-20-15-5-2-4-14(10-15)19(25)22-8-3-6-17(23)12-22/h2,4-5,10,16-17,20,23H,3,6-9,11-13H2,1H3/t16-,17+/m0/s1. The monoisotopic (exact) mass is 409 g/mol. The average Bonchev–Trinajstić information content (AvgIpc) is 3.05. The van der Waals surface area contributed by atoms with Gasteiger partial charge in [-0.15, -0.1) is 0 Å². The van der Waals surface area contributed by atoms with E-state index in [4.69, 9.17) is 0 Å². The lowest BCUT2D eigenvalue weighted by Gasteiger charge is -2.30. The third kappa shape index (κ3) is 5.02. The van der Waals surface area contributed by atoms with Gasteiger partial charge in [0, 0.05) is 37.4 Å². The first-order valence-corrected chi connectivity index (χ1v) is 11.3. The molecule has 154 valence electrons. The minimum atomic E-state index is -3.05. The Bertz CT molecular complexity index is 842. The van der Waals surface area contributed by atoms with Crippen LogP contribution in [0.3, 0.4) is 0 Å². The fourth-order valence-corrected chi connectivity index (χ4v) is 5.45. The number of likely N-dealkylation sites (tertiary alicyclic amines) is 1. The van der Waals surface area contributed by atoms with Crippen LogP contribution in [0.4, 0.5) is 5.69 Å². The molecule has 2 heterocycles. The van der Waals surface area contributed by atoms with E-state index in [2.05, 4.69) is 5.32 Å². The summed E-state index contributed by atoms with van der Waals surface area (Å²) in [6.07, 6.45) is 1.48. The van der Waals surface area contributed by atoms with Gasteiger partial charge in [0.25, 0.3) is 5.91 Å². The minimum absolute atomic E-state index is 0.0148. The van der Waals surface area contributed by atoms with Gasteiger partial charge in [-0.05, 0) is 37.5 Å². The molecule has 2 fully saturated rings. The maximum Gasteiger partial charge on any atom is 0.254 e. The summed E-state index contributed by atoms with van der Waals surface area (Å²) in [5, 5.41) is 12.8. The molecule has 2 N–H and O–H groups in total. The number of carbonyl (C=O) groups is 2. The number of aliphatic hydroxyl groups excluding tert-OH is 1. The van der Waals surface area contributed by atoms with Crippen LogP contribution < -0.4 is 5.32 Å². The molecule has 8 nitrogen and oxygen atoms in total. The van der Waals surface area contributed by atoms with Crippen molar-refractivity contribution in [3.05, 3.63) is 29.8 Å². The lowest BCUT2D eigenvalue weighted by molar-refractivity contribution is -0.129. The lowest BCUT2D eigenvalue weighted by atomic mass is 10.1. The summed E-state index contributed by atoms with van der Waals surface area (Å²) in [6, 6.07) is 6.64. The first kappa shape index (κ1) is 20.6. The summed E-state index contributed by atoms with van der Waals surface area (Å²) in [5.41, 5.74) is 1.14. The molecule has 2 aliphatic rings. The Morgan fingerprint density at radius 3 is 2.79 bits per heavy atom. The van der Waals surface area contributed by atoms with Crippen molar-refractivity contribution >= 4 is 27.3 Å². The maximum absolute atomic E-state index is 12.6. The molecule has 0 spiro atoms. The third-order valence-electron chi connectivity index (χ3n) is 5.39. The van der Waals surface area contributed by atoms with Gasteiger partial charge in [-0.2, -0.15) is 0 Å². The van der Waals surface area contributed by atoms with E-state index in [1.54, 1.807) is 36.2 Å². The Balaban J connectivity index is 1.57. The molecule has 3 rings (SSSR count). The third-order valence-corrected chi connectivity index (χ3v) is 7.14. The second-order valence-electron chi connectivity index (χ2n) is 7.54. The number of hydrogen-bond acceptors (Lipinski definition) is 6. The first-order chi connectivity index (χ1) is 13.2. The number of rotatable bonds is 5. The van der Waals surface area contributed by atoms with Gasteiger partial charge in [-0.1, -0.05) is 6.07 Å². The Morgan fingerprint density at radius 2 is 2.11 bits per heavy atom. The van der Waals surface area contributed by atoms with Crippen molar-refractivity contribution in [1.82, 2.24) is 9.80 Å². The number of likely N-dealkylation sites (N-methyl/N-ethyl adjacent to an activating group) is 1. The van der Waals surface area contributed by atoms with Crippen LogP contribution in [0, 0.1) is 0 Å². The summed E-state index contributed by atoms with van der Waals surface area (Å²) in [5.74, 6) is -0.195. The van der Waals surface area contributed by atoms with Crippen molar-refractivity contribution in [2.45, 2.75) is 31.4 Å². The number of aliphatic hydroxyl groups is 1. The highest BCUT2D eigenvalue weighted by Crippen LogP contribution is 2.18. The molecule has 0 unspecified atom stereocenters. The number of amides is 2. The maximum atomic E-state index is 12.6. The van der Waals surface area contributed by atoms with Gasteiger partial charge in [0.15, 0.2) is 9.84 Å². The highest BCUT2D eigenvalue weighted by Gasteiger charge is 2.32. The van der Waals surface area contributed by atoms with Crippen LogP contribution in [-0.2, 0) is 14.6 Å². The van der Waals surface area contributed by atoms with Gasteiger partial charge in [-0.25, -0.2) is 8.42 Å². The molecule has 1 aromatic carbocycles. The molecule has 0 aliphatic carbocycles. The molecule has 2 atom stereocenters. The average molecular weight is 410 g/mol. The van der Waals surface area contributed by atoms with Crippen LogP contribution in [-0.4, -0.2) is 85.5 Å². The summed E-state index contributed by atoms with van der Waals surface area (Å²) in [7, 11) is -1.42. The minimum Gasteiger partial charge on any atom is -0.391 e. The van der Waals surface area contributed by atoms with E-state index >= 15 is 0 Å². The van der Waals surface area contributed by atoms with E-state index in [1.165, 1.54) is 4.90 Å². The van der Waals surface area contributed by atoms with Crippen molar-refractivity contribution < 1.29 is 23.1 Å². The first-order valence-electron chi connectivity index (χ1n) is 9.52. The molecule has 2 amide bonds. The molecule has 1 aromatic rings. The van der Waals surface area contributed by atoms with Crippen LogP contribution in [0.5, 0.6) is 0 Å². The number of piperidine rings is 1. The zero-order valence-corrected chi connectivity index (χ0v) is 16.8. The summed E-state index contributed by atoms with van der Waals surface area (Å²) in [4.78, 5) is 28.1. The van der Waals surface area contributed by atoms with E-state index in [-0.39, 0.29) is 35.9 Å². The van der Waals surface area contributed by atoms with Crippen LogP contribution in [0.1, 0.15) is 29.6 Å². The molecule has 2 aliphatic heterocycles. The van der Waals surface area contributed by atoms with Crippen LogP contribution in [0.2, 0.25) is 0 Å². The molecule has 0 radical (unpaired) electrons. The molecule has 0 bridgehead atoms. The van der Waals surface area contributed by atoms with Crippen molar-refractivity contribution in [2.75, 3.05) is 43.5 Å². The molecule has 0 aromatic heterocycles. The van der Waals surface area contributed by atoms with Gasteiger partial charge >= 0.3 is 0 Å². The van der Waals surface area contributed by atoms with Crippen molar-refractivity contribution in [1.29, 1.82) is 0 Å². The Hall–Kier alpha value is -2.13. The SMILES string of the molecule is CN(C(=O)CNc1cccc(C(=O)N2CCC[C@@H](O)C2)c1)[C@H]1CCS(=O)(=O)C1. The fourth-order valence-electron chi connectivity index (χ4n) is 3.67. The van der Waals surface area contributed by atoms with E-state index in [0.717, 1.165) is 6.42 Å². The van der Waals surface area contributed by atoms with Gasteiger partial charge in [0.05, 0.1) is 24.2 Å².